The zero-order valence-electron chi connectivity index (χ0n) is 12.8. The Balaban J connectivity index is 2.47. The molecule has 0 bridgehead atoms. The summed E-state index contributed by atoms with van der Waals surface area (Å²) in [4.78, 5) is 12.2. The Labute approximate surface area is 125 Å². The van der Waals surface area contributed by atoms with E-state index in [0.29, 0.717) is 18.1 Å². The van der Waals surface area contributed by atoms with Crippen LogP contribution in [0.4, 0.5) is 0 Å². The molecular weight excluding hydrogens is 264 g/mol. The highest BCUT2D eigenvalue weighted by atomic mass is 16.5. The number of pyridine rings is 1. The maximum atomic E-state index is 12.2. The van der Waals surface area contributed by atoms with Crippen molar-refractivity contribution in [3.63, 3.8) is 0 Å². The molecule has 0 saturated heterocycles. The molecule has 21 heavy (non-hydrogen) atoms. The molecule has 0 saturated carbocycles. The second kappa shape index (κ2) is 6.59. The van der Waals surface area contributed by atoms with Gasteiger partial charge in [-0.25, -0.2) is 0 Å². The molecule has 0 aliphatic carbocycles. The van der Waals surface area contributed by atoms with Crippen LogP contribution in [0.3, 0.4) is 0 Å². The largest absolute Gasteiger partial charge is 0.493 e. The van der Waals surface area contributed by atoms with Crippen LogP contribution in [-0.4, -0.2) is 11.2 Å². The summed E-state index contributed by atoms with van der Waals surface area (Å²) in [6, 6.07) is 11.5. The summed E-state index contributed by atoms with van der Waals surface area (Å²) >= 11 is 0. The summed E-state index contributed by atoms with van der Waals surface area (Å²) in [7, 11) is 1.76. The number of rotatable bonds is 5. The van der Waals surface area contributed by atoms with Gasteiger partial charge >= 0.3 is 0 Å². The Hall–Kier alpha value is -2.07. The lowest BCUT2D eigenvalue weighted by Crippen LogP contribution is -2.24. The Morgan fingerprint density at radius 2 is 1.90 bits per heavy atom. The molecular formula is C17H22N2O2. The van der Waals surface area contributed by atoms with E-state index in [4.69, 9.17) is 10.5 Å². The maximum Gasteiger partial charge on any atom is 0.255 e. The minimum atomic E-state index is -0.0614. The molecule has 112 valence electrons. The molecule has 0 spiro atoms. The van der Waals surface area contributed by atoms with E-state index in [2.05, 4.69) is 13.8 Å². The standard InChI is InChI=1S/C17H22N2O2/c1-12(2)11-21-16-7-5-4-6-14(16)15-9-8-13(10-18)17(20)19(15)3/h4-9,12H,10-11,18H2,1-3H3. The van der Waals surface area contributed by atoms with E-state index in [9.17, 15) is 4.79 Å². The van der Waals surface area contributed by atoms with Crippen molar-refractivity contribution < 1.29 is 4.74 Å². The van der Waals surface area contributed by atoms with Crippen LogP contribution >= 0.6 is 0 Å². The Morgan fingerprint density at radius 1 is 1.19 bits per heavy atom. The van der Waals surface area contributed by atoms with Gasteiger partial charge in [-0.15, -0.1) is 0 Å². The highest BCUT2D eigenvalue weighted by Crippen LogP contribution is 2.29. The van der Waals surface area contributed by atoms with E-state index in [-0.39, 0.29) is 12.1 Å². The summed E-state index contributed by atoms with van der Waals surface area (Å²) in [6.45, 7) is 5.10. The fraction of sp³-hybridized carbons (Fsp3) is 0.353. The van der Waals surface area contributed by atoms with E-state index in [1.54, 1.807) is 17.7 Å². The first-order valence-corrected chi connectivity index (χ1v) is 7.15. The third-order valence-electron chi connectivity index (χ3n) is 3.34. The highest BCUT2D eigenvalue weighted by molar-refractivity contribution is 5.67. The van der Waals surface area contributed by atoms with Crippen molar-refractivity contribution in [3.8, 4) is 17.0 Å². The fourth-order valence-electron chi connectivity index (χ4n) is 2.17. The van der Waals surface area contributed by atoms with E-state index in [0.717, 1.165) is 17.0 Å². The Bertz CT molecular complexity index is 675. The molecule has 0 amide bonds. The van der Waals surface area contributed by atoms with Crippen LogP contribution in [0.15, 0.2) is 41.2 Å². The molecule has 0 atom stereocenters. The molecule has 1 aromatic carbocycles. The molecule has 2 N–H and O–H groups in total. The van der Waals surface area contributed by atoms with E-state index >= 15 is 0 Å². The van der Waals surface area contributed by atoms with Gasteiger partial charge in [-0.05, 0) is 24.1 Å². The summed E-state index contributed by atoms with van der Waals surface area (Å²) in [5, 5.41) is 0. The van der Waals surface area contributed by atoms with Gasteiger partial charge in [0, 0.05) is 24.7 Å². The number of aromatic nitrogens is 1. The van der Waals surface area contributed by atoms with E-state index in [1.165, 1.54) is 0 Å². The number of ether oxygens (including phenoxy) is 1. The van der Waals surface area contributed by atoms with Crippen LogP contribution in [0.2, 0.25) is 0 Å². The third kappa shape index (κ3) is 3.34. The molecule has 0 aliphatic rings. The fourth-order valence-corrected chi connectivity index (χ4v) is 2.17. The van der Waals surface area contributed by atoms with Crippen LogP contribution in [0.5, 0.6) is 5.75 Å². The van der Waals surface area contributed by atoms with Crippen LogP contribution in [0.1, 0.15) is 19.4 Å². The molecule has 0 aliphatic heterocycles. The molecule has 2 aromatic rings. The first-order valence-electron chi connectivity index (χ1n) is 7.15. The average molecular weight is 286 g/mol. The van der Waals surface area contributed by atoms with Gasteiger partial charge < -0.3 is 15.0 Å². The highest BCUT2D eigenvalue weighted by Gasteiger charge is 2.11. The van der Waals surface area contributed by atoms with Gasteiger partial charge in [-0.1, -0.05) is 32.0 Å². The summed E-state index contributed by atoms with van der Waals surface area (Å²) in [5.74, 6) is 1.24. The second-order valence-corrected chi connectivity index (χ2v) is 5.51. The number of para-hydroxylation sites is 1. The second-order valence-electron chi connectivity index (χ2n) is 5.51. The summed E-state index contributed by atoms with van der Waals surface area (Å²) < 4.78 is 7.49. The van der Waals surface area contributed by atoms with E-state index in [1.807, 2.05) is 30.3 Å². The van der Waals surface area contributed by atoms with Crippen molar-refractivity contribution in [3.05, 3.63) is 52.3 Å². The van der Waals surface area contributed by atoms with Gasteiger partial charge in [0.1, 0.15) is 5.75 Å². The lowest BCUT2D eigenvalue weighted by atomic mass is 10.1. The quantitative estimate of drug-likeness (QED) is 0.919. The topological polar surface area (TPSA) is 57.2 Å². The Kier molecular flexibility index (Phi) is 4.81. The number of hydrogen-bond donors (Lipinski definition) is 1. The normalized spacial score (nSPS) is 10.9. The molecule has 1 aromatic heterocycles. The first-order chi connectivity index (χ1) is 10.0. The molecule has 4 nitrogen and oxygen atoms in total. The number of nitrogens with zero attached hydrogens (tertiary/aromatic N) is 1. The van der Waals surface area contributed by atoms with Crippen LogP contribution < -0.4 is 16.0 Å². The van der Waals surface area contributed by atoms with Gasteiger partial charge in [0.2, 0.25) is 0 Å². The van der Waals surface area contributed by atoms with Gasteiger partial charge in [-0.2, -0.15) is 0 Å². The molecule has 2 rings (SSSR count). The van der Waals surface area contributed by atoms with Crippen LogP contribution in [0.25, 0.3) is 11.3 Å². The van der Waals surface area contributed by atoms with Gasteiger partial charge in [0.05, 0.1) is 12.3 Å². The molecule has 1 heterocycles. The zero-order valence-corrected chi connectivity index (χ0v) is 12.8. The van der Waals surface area contributed by atoms with Crippen molar-refractivity contribution in [2.75, 3.05) is 6.61 Å². The smallest absolute Gasteiger partial charge is 0.255 e. The lowest BCUT2D eigenvalue weighted by molar-refractivity contribution is 0.272. The average Bonchev–Trinajstić information content (AvgIpc) is 2.48. The predicted molar refractivity (Wildman–Crippen MR) is 85.3 cm³/mol. The minimum Gasteiger partial charge on any atom is -0.493 e. The van der Waals surface area contributed by atoms with Gasteiger partial charge in [0.25, 0.3) is 5.56 Å². The lowest BCUT2D eigenvalue weighted by Gasteiger charge is -2.15. The zero-order chi connectivity index (χ0) is 15.4. The number of benzene rings is 1. The molecule has 0 unspecified atom stereocenters. The summed E-state index contributed by atoms with van der Waals surface area (Å²) in [5.41, 5.74) is 7.88. The molecule has 0 radical (unpaired) electrons. The van der Waals surface area contributed by atoms with Crippen LogP contribution in [-0.2, 0) is 13.6 Å². The Morgan fingerprint density at radius 3 is 2.57 bits per heavy atom. The predicted octanol–water partition coefficient (Wildman–Crippen LogP) is 2.55. The third-order valence-corrected chi connectivity index (χ3v) is 3.34. The van der Waals surface area contributed by atoms with E-state index < -0.39 is 0 Å². The number of nitrogens with two attached hydrogens (primary N) is 1. The van der Waals surface area contributed by atoms with Crippen molar-refractivity contribution in [1.82, 2.24) is 4.57 Å². The SMILES string of the molecule is CC(C)COc1ccccc1-c1ccc(CN)c(=O)n1C. The molecule has 0 fully saturated rings. The van der Waals surface area contributed by atoms with Gasteiger partial charge in [-0.3, -0.25) is 4.79 Å². The van der Waals surface area contributed by atoms with Crippen LogP contribution in [0, 0.1) is 5.92 Å². The monoisotopic (exact) mass is 286 g/mol. The summed E-state index contributed by atoms with van der Waals surface area (Å²) in [6.07, 6.45) is 0. The minimum absolute atomic E-state index is 0.0614. The van der Waals surface area contributed by atoms with Crippen molar-refractivity contribution >= 4 is 0 Å². The number of hydrogen-bond acceptors (Lipinski definition) is 3. The first kappa shape index (κ1) is 15.3. The van der Waals surface area contributed by atoms with Crippen molar-refractivity contribution in [2.45, 2.75) is 20.4 Å². The van der Waals surface area contributed by atoms with Crippen molar-refractivity contribution in [2.24, 2.45) is 18.7 Å². The molecule has 4 heteroatoms. The van der Waals surface area contributed by atoms with Gasteiger partial charge in [0.15, 0.2) is 0 Å². The maximum absolute atomic E-state index is 12.2. The van der Waals surface area contributed by atoms with Crippen molar-refractivity contribution in [1.29, 1.82) is 0 Å².